The molecule has 1 aromatic carbocycles. The summed E-state index contributed by atoms with van der Waals surface area (Å²) in [6.45, 7) is 0.866. The van der Waals surface area contributed by atoms with E-state index in [2.05, 4.69) is 4.90 Å². The van der Waals surface area contributed by atoms with Crippen molar-refractivity contribution in [1.82, 2.24) is 4.90 Å². The van der Waals surface area contributed by atoms with Gasteiger partial charge in [-0.15, -0.1) is 12.4 Å². The molecule has 0 heterocycles. The maximum absolute atomic E-state index is 13.8. The third-order valence-electron chi connectivity index (χ3n) is 4.21. The van der Waals surface area contributed by atoms with Crippen LogP contribution in [0.2, 0.25) is 0 Å². The van der Waals surface area contributed by atoms with Gasteiger partial charge in [-0.05, 0) is 38.6 Å². The summed E-state index contributed by atoms with van der Waals surface area (Å²) in [6, 6.07) is 6.80. The van der Waals surface area contributed by atoms with Gasteiger partial charge in [0, 0.05) is 18.9 Å². The molecule has 1 saturated carbocycles. The second kappa shape index (κ2) is 7.39. The highest BCUT2D eigenvalue weighted by Gasteiger charge is 2.39. The molecule has 0 aliphatic heterocycles. The fourth-order valence-corrected chi connectivity index (χ4v) is 3.20. The highest BCUT2D eigenvalue weighted by Crippen LogP contribution is 2.37. The van der Waals surface area contributed by atoms with Crippen LogP contribution in [0.15, 0.2) is 24.3 Å². The molecule has 0 bridgehead atoms. The minimum Gasteiger partial charge on any atom is -0.389 e. The van der Waals surface area contributed by atoms with Gasteiger partial charge in [0.05, 0.1) is 5.60 Å². The molecule has 4 heteroatoms. The largest absolute Gasteiger partial charge is 0.389 e. The van der Waals surface area contributed by atoms with E-state index < -0.39 is 5.60 Å². The van der Waals surface area contributed by atoms with Gasteiger partial charge >= 0.3 is 0 Å². The van der Waals surface area contributed by atoms with E-state index >= 15 is 0 Å². The summed E-state index contributed by atoms with van der Waals surface area (Å²) in [4.78, 5) is 2.11. The molecule has 20 heavy (non-hydrogen) atoms. The highest BCUT2D eigenvalue weighted by atomic mass is 35.5. The molecule has 2 atom stereocenters. The number of hydrogen-bond acceptors (Lipinski definition) is 2. The van der Waals surface area contributed by atoms with E-state index in [-0.39, 0.29) is 24.1 Å². The van der Waals surface area contributed by atoms with Gasteiger partial charge in [-0.25, -0.2) is 4.39 Å². The summed E-state index contributed by atoms with van der Waals surface area (Å²) >= 11 is 0. The molecule has 0 radical (unpaired) electrons. The van der Waals surface area contributed by atoms with Crippen molar-refractivity contribution < 1.29 is 9.50 Å². The summed E-state index contributed by atoms with van der Waals surface area (Å²) in [5, 5.41) is 11.0. The Morgan fingerprint density at radius 2 is 2.00 bits per heavy atom. The van der Waals surface area contributed by atoms with Crippen LogP contribution < -0.4 is 0 Å². The van der Waals surface area contributed by atoms with Gasteiger partial charge in [-0.2, -0.15) is 0 Å². The fourth-order valence-electron chi connectivity index (χ4n) is 3.20. The molecule has 1 aliphatic rings. The van der Waals surface area contributed by atoms with Crippen LogP contribution in [0.4, 0.5) is 4.39 Å². The Hall–Kier alpha value is -0.640. The molecular formula is C16H25ClFNO. The lowest BCUT2D eigenvalue weighted by molar-refractivity contribution is -0.0557. The van der Waals surface area contributed by atoms with Crippen molar-refractivity contribution >= 4 is 12.4 Å². The topological polar surface area (TPSA) is 23.5 Å². The monoisotopic (exact) mass is 301 g/mol. The number of nitrogens with zero attached hydrogens (tertiary/aromatic N) is 1. The normalized spacial score (nSPS) is 26.4. The van der Waals surface area contributed by atoms with Crippen LogP contribution in [0.5, 0.6) is 0 Å². The number of benzene rings is 1. The molecule has 2 nitrogen and oxygen atoms in total. The van der Waals surface area contributed by atoms with Crippen molar-refractivity contribution in [3.8, 4) is 0 Å². The Bertz CT molecular complexity index is 427. The molecule has 2 rings (SSSR count). The summed E-state index contributed by atoms with van der Waals surface area (Å²) in [7, 11) is 4.05. The Morgan fingerprint density at radius 3 is 2.65 bits per heavy atom. The minimum atomic E-state index is -0.759. The Kier molecular flexibility index (Phi) is 6.44. The summed E-state index contributed by atoms with van der Waals surface area (Å²) in [5.41, 5.74) is -0.124. The molecule has 0 saturated heterocycles. The van der Waals surface area contributed by atoms with Crippen LogP contribution in [-0.2, 0) is 6.42 Å². The Balaban J connectivity index is 0.00000200. The third kappa shape index (κ3) is 4.18. The van der Waals surface area contributed by atoms with Gasteiger partial charge in [0.2, 0.25) is 0 Å². The van der Waals surface area contributed by atoms with Crippen LogP contribution in [0.25, 0.3) is 0 Å². The smallest absolute Gasteiger partial charge is 0.126 e. The maximum Gasteiger partial charge on any atom is 0.126 e. The standard InChI is InChI=1S/C16H24FNO.ClH/c1-18(2)12-14-8-5-6-10-16(14,19)11-13-7-3-4-9-15(13)17;/h3-4,7,9,14,19H,5-6,8,10-12H2,1-2H3;1H/t14-,16+;/m1./s1. The van der Waals surface area contributed by atoms with Gasteiger partial charge in [0.1, 0.15) is 5.82 Å². The molecule has 1 N–H and O–H groups in total. The maximum atomic E-state index is 13.8. The van der Waals surface area contributed by atoms with Crippen LogP contribution in [0.1, 0.15) is 31.2 Å². The van der Waals surface area contributed by atoms with Crippen molar-refractivity contribution in [1.29, 1.82) is 0 Å². The van der Waals surface area contributed by atoms with Crippen LogP contribution >= 0.6 is 12.4 Å². The summed E-state index contributed by atoms with van der Waals surface area (Å²) < 4.78 is 13.8. The van der Waals surface area contributed by atoms with Gasteiger partial charge in [-0.1, -0.05) is 31.0 Å². The van der Waals surface area contributed by atoms with Gasteiger partial charge < -0.3 is 10.0 Å². The number of hydrogen-bond donors (Lipinski definition) is 1. The second-order valence-corrected chi connectivity index (χ2v) is 6.08. The van der Waals surface area contributed by atoms with Gasteiger partial charge in [-0.3, -0.25) is 0 Å². The molecule has 0 amide bonds. The molecular weight excluding hydrogens is 277 g/mol. The molecule has 0 unspecified atom stereocenters. The first-order valence-electron chi connectivity index (χ1n) is 7.12. The van der Waals surface area contributed by atoms with E-state index in [1.165, 1.54) is 6.07 Å². The second-order valence-electron chi connectivity index (χ2n) is 6.08. The highest BCUT2D eigenvalue weighted by molar-refractivity contribution is 5.85. The van der Waals surface area contributed by atoms with E-state index in [0.29, 0.717) is 12.0 Å². The van der Waals surface area contributed by atoms with Crippen LogP contribution in [0.3, 0.4) is 0 Å². The van der Waals surface area contributed by atoms with Crippen molar-refractivity contribution in [2.24, 2.45) is 5.92 Å². The van der Waals surface area contributed by atoms with E-state index in [9.17, 15) is 9.50 Å². The van der Waals surface area contributed by atoms with Crippen molar-refractivity contribution in [2.45, 2.75) is 37.7 Å². The lowest BCUT2D eigenvalue weighted by Gasteiger charge is -2.41. The average Bonchev–Trinajstić information content (AvgIpc) is 2.35. The molecule has 1 fully saturated rings. The first kappa shape index (κ1) is 17.4. The lowest BCUT2D eigenvalue weighted by atomic mass is 9.72. The lowest BCUT2D eigenvalue weighted by Crippen LogP contribution is -2.47. The Morgan fingerprint density at radius 1 is 1.30 bits per heavy atom. The minimum absolute atomic E-state index is 0. The van der Waals surface area contributed by atoms with E-state index in [0.717, 1.165) is 32.2 Å². The van der Waals surface area contributed by atoms with Crippen LogP contribution in [0, 0.1) is 11.7 Å². The molecule has 1 aliphatic carbocycles. The van der Waals surface area contributed by atoms with E-state index in [1.54, 1.807) is 12.1 Å². The van der Waals surface area contributed by atoms with Crippen molar-refractivity contribution in [3.63, 3.8) is 0 Å². The van der Waals surface area contributed by atoms with Crippen molar-refractivity contribution in [3.05, 3.63) is 35.6 Å². The van der Waals surface area contributed by atoms with Gasteiger partial charge in [0.15, 0.2) is 0 Å². The zero-order valence-electron chi connectivity index (χ0n) is 12.3. The number of rotatable bonds is 4. The molecule has 0 spiro atoms. The number of aliphatic hydroxyl groups is 1. The van der Waals surface area contributed by atoms with Crippen LogP contribution in [-0.4, -0.2) is 36.2 Å². The summed E-state index contributed by atoms with van der Waals surface area (Å²) in [5.74, 6) is 0.0287. The predicted molar refractivity (Wildman–Crippen MR) is 82.8 cm³/mol. The third-order valence-corrected chi connectivity index (χ3v) is 4.21. The SMILES string of the molecule is CN(C)C[C@H]1CCCC[C@]1(O)Cc1ccccc1F.Cl. The number of halogens is 2. The Labute approximate surface area is 127 Å². The molecule has 1 aromatic rings. The zero-order chi connectivity index (χ0) is 13.9. The van der Waals surface area contributed by atoms with Gasteiger partial charge in [0.25, 0.3) is 0 Å². The van der Waals surface area contributed by atoms with Crippen molar-refractivity contribution in [2.75, 3.05) is 20.6 Å². The summed E-state index contributed by atoms with van der Waals surface area (Å²) in [6.07, 6.45) is 4.44. The first-order valence-corrected chi connectivity index (χ1v) is 7.12. The average molecular weight is 302 g/mol. The first-order chi connectivity index (χ1) is 9.01. The molecule has 114 valence electrons. The fraction of sp³-hybridized carbons (Fsp3) is 0.625. The molecule has 0 aromatic heterocycles. The predicted octanol–water partition coefficient (Wildman–Crippen LogP) is 3.27. The van der Waals surface area contributed by atoms with E-state index in [4.69, 9.17) is 0 Å². The zero-order valence-corrected chi connectivity index (χ0v) is 13.1. The van der Waals surface area contributed by atoms with E-state index in [1.807, 2.05) is 20.2 Å². The quantitative estimate of drug-likeness (QED) is 0.922.